The summed E-state index contributed by atoms with van der Waals surface area (Å²) in [4.78, 5) is 0. The van der Waals surface area contributed by atoms with Crippen LogP contribution < -0.4 is 10.5 Å². The van der Waals surface area contributed by atoms with Crippen molar-refractivity contribution in [2.75, 3.05) is 5.73 Å². The molecule has 1 heterocycles. The van der Waals surface area contributed by atoms with E-state index in [1.807, 2.05) is 6.07 Å². The zero-order valence-corrected chi connectivity index (χ0v) is 10.8. The van der Waals surface area contributed by atoms with Gasteiger partial charge in [-0.2, -0.15) is 0 Å². The van der Waals surface area contributed by atoms with Gasteiger partial charge in [-0.1, -0.05) is 27.5 Å². The fraction of sp³-hybridized carbons (Fsp3) is 0.100. The first-order valence-corrected chi connectivity index (χ1v) is 5.65. The number of hydrogen-bond acceptors (Lipinski definition) is 3. The summed E-state index contributed by atoms with van der Waals surface area (Å²) >= 11 is 9.32. The van der Waals surface area contributed by atoms with E-state index in [4.69, 9.17) is 22.1 Å². The summed E-state index contributed by atoms with van der Waals surface area (Å²) in [5, 5.41) is 4.58. The highest BCUT2D eigenvalue weighted by atomic mass is 79.9. The molecule has 0 saturated heterocycles. The number of nitrogens with zero attached hydrogens (tertiary/aromatic N) is 2. The van der Waals surface area contributed by atoms with Crippen molar-refractivity contribution >= 4 is 33.2 Å². The van der Waals surface area contributed by atoms with E-state index >= 15 is 0 Å². The van der Waals surface area contributed by atoms with Crippen molar-refractivity contribution in [2.45, 2.75) is 0 Å². The highest BCUT2D eigenvalue weighted by Gasteiger charge is 2.09. The van der Waals surface area contributed by atoms with Crippen molar-refractivity contribution < 1.29 is 4.74 Å². The van der Waals surface area contributed by atoms with Crippen LogP contribution in [0.15, 0.2) is 28.9 Å². The van der Waals surface area contributed by atoms with Gasteiger partial charge < -0.3 is 10.5 Å². The number of aryl methyl sites for hydroxylation is 1. The summed E-state index contributed by atoms with van der Waals surface area (Å²) in [7, 11) is 1.77. The van der Waals surface area contributed by atoms with Crippen LogP contribution in [-0.4, -0.2) is 9.78 Å². The van der Waals surface area contributed by atoms with Gasteiger partial charge in [0.2, 0.25) is 0 Å². The Kier molecular flexibility index (Phi) is 3.07. The SMILES string of the molecule is Cn1cc(N)c(Oc2cc(Br)ccc2Cl)n1. The Labute approximate surface area is 106 Å². The molecule has 2 N–H and O–H groups in total. The number of benzene rings is 1. The monoisotopic (exact) mass is 301 g/mol. The maximum atomic E-state index is 5.98. The third-order valence-electron chi connectivity index (χ3n) is 1.92. The van der Waals surface area contributed by atoms with Crippen LogP contribution in [0.1, 0.15) is 0 Å². The fourth-order valence-electron chi connectivity index (χ4n) is 1.23. The molecule has 0 aliphatic heterocycles. The molecule has 0 aliphatic rings. The highest BCUT2D eigenvalue weighted by molar-refractivity contribution is 9.10. The zero-order chi connectivity index (χ0) is 11.7. The number of aromatic nitrogens is 2. The highest BCUT2D eigenvalue weighted by Crippen LogP contribution is 2.33. The van der Waals surface area contributed by atoms with Crippen molar-refractivity contribution in [1.29, 1.82) is 0 Å². The van der Waals surface area contributed by atoms with Gasteiger partial charge in [0.25, 0.3) is 5.88 Å². The maximum Gasteiger partial charge on any atom is 0.261 e. The molecule has 0 spiro atoms. The van der Waals surface area contributed by atoms with Gasteiger partial charge in [0.15, 0.2) is 0 Å². The lowest BCUT2D eigenvalue weighted by molar-refractivity contribution is 0.456. The topological polar surface area (TPSA) is 53.1 Å². The van der Waals surface area contributed by atoms with Crippen LogP contribution in [-0.2, 0) is 7.05 Å². The second-order valence-electron chi connectivity index (χ2n) is 3.24. The molecule has 2 aromatic rings. The smallest absolute Gasteiger partial charge is 0.261 e. The number of ether oxygens (including phenoxy) is 1. The van der Waals surface area contributed by atoms with Crippen LogP contribution in [0, 0.1) is 0 Å². The zero-order valence-electron chi connectivity index (χ0n) is 8.45. The van der Waals surface area contributed by atoms with Gasteiger partial charge in [-0.15, -0.1) is 5.10 Å². The minimum atomic E-state index is 0.350. The summed E-state index contributed by atoms with van der Waals surface area (Å²) in [6.07, 6.45) is 1.67. The van der Waals surface area contributed by atoms with E-state index in [0.717, 1.165) is 4.47 Å². The van der Waals surface area contributed by atoms with E-state index < -0.39 is 0 Å². The van der Waals surface area contributed by atoms with Crippen molar-refractivity contribution in [1.82, 2.24) is 9.78 Å². The Balaban J connectivity index is 2.33. The van der Waals surface area contributed by atoms with Crippen LogP contribution in [0.25, 0.3) is 0 Å². The van der Waals surface area contributed by atoms with Crippen LogP contribution >= 0.6 is 27.5 Å². The Bertz CT molecular complexity index is 527. The quantitative estimate of drug-likeness (QED) is 0.927. The minimum absolute atomic E-state index is 0.350. The molecule has 84 valence electrons. The van der Waals surface area contributed by atoms with Crippen LogP contribution in [0.3, 0.4) is 0 Å². The summed E-state index contributed by atoms with van der Waals surface area (Å²) in [5.74, 6) is 0.865. The predicted octanol–water partition coefficient (Wildman–Crippen LogP) is 3.21. The normalized spacial score (nSPS) is 10.4. The first-order chi connectivity index (χ1) is 7.56. The molecule has 0 saturated carbocycles. The number of nitrogens with two attached hydrogens (primary N) is 1. The predicted molar refractivity (Wildman–Crippen MR) is 66.8 cm³/mol. The summed E-state index contributed by atoms with van der Waals surface area (Å²) < 4.78 is 7.98. The first kappa shape index (κ1) is 11.3. The molecule has 0 unspecified atom stereocenters. The van der Waals surface area contributed by atoms with E-state index in [1.165, 1.54) is 0 Å². The van der Waals surface area contributed by atoms with Crippen molar-refractivity contribution in [3.05, 3.63) is 33.9 Å². The maximum absolute atomic E-state index is 5.98. The molecule has 1 aromatic heterocycles. The minimum Gasteiger partial charge on any atom is -0.434 e. The molecule has 0 bridgehead atoms. The molecule has 6 heteroatoms. The van der Waals surface area contributed by atoms with Crippen LogP contribution in [0.5, 0.6) is 11.6 Å². The molecule has 4 nitrogen and oxygen atoms in total. The number of anilines is 1. The molecule has 0 amide bonds. The lowest BCUT2D eigenvalue weighted by Crippen LogP contribution is -1.91. The van der Waals surface area contributed by atoms with E-state index in [2.05, 4.69) is 21.0 Å². The molecule has 0 atom stereocenters. The van der Waals surface area contributed by atoms with Crippen molar-refractivity contribution in [3.63, 3.8) is 0 Å². The summed E-state index contributed by atoms with van der Waals surface area (Å²) in [6.45, 7) is 0. The molecule has 0 radical (unpaired) electrons. The van der Waals surface area contributed by atoms with E-state index in [0.29, 0.717) is 22.3 Å². The average Bonchev–Trinajstić information content (AvgIpc) is 2.51. The van der Waals surface area contributed by atoms with Gasteiger partial charge in [0, 0.05) is 11.5 Å². The number of hydrogen-bond donors (Lipinski definition) is 1. The first-order valence-electron chi connectivity index (χ1n) is 4.48. The molecule has 0 fully saturated rings. The Morgan fingerprint density at radius 3 is 2.88 bits per heavy atom. The summed E-state index contributed by atoms with van der Waals surface area (Å²) in [5.41, 5.74) is 6.19. The lowest BCUT2D eigenvalue weighted by Gasteiger charge is -2.05. The number of nitrogen functional groups attached to an aromatic ring is 1. The molecule has 16 heavy (non-hydrogen) atoms. The van der Waals surface area contributed by atoms with Crippen molar-refractivity contribution in [3.8, 4) is 11.6 Å². The molecular formula is C10H9BrClN3O. The van der Waals surface area contributed by atoms with Gasteiger partial charge in [0.05, 0.1) is 11.2 Å². The number of rotatable bonds is 2. The van der Waals surface area contributed by atoms with Gasteiger partial charge in [-0.05, 0) is 18.2 Å². The van der Waals surface area contributed by atoms with E-state index in [9.17, 15) is 0 Å². The Morgan fingerprint density at radius 1 is 1.50 bits per heavy atom. The van der Waals surface area contributed by atoms with Gasteiger partial charge in [-0.3, -0.25) is 4.68 Å². The van der Waals surface area contributed by atoms with Crippen LogP contribution in [0.2, 0.25) is 5.02 Å². The molecular weight excluding hydrogens is 293 g/mol. The molecule has 0 aliphatic carbocycles. The largest absolute Gasteiger partial charge is 0.434 e. The fourth-order valence-corrected chi connectivity index (χ4v) is 1.72. The van der Waals surface area contributed by atoms with Gasteiger partial charge >= 0.3 is 0 Å². The standard InChI is InChI=1S/C10H9BrClN3O/c1-15-5-8(13)10(14-15)16-9-4-6(11)2-3-7(9)12/h2-5H,13H2,1H3. The van der Waals surface area contributed by atoms with E-state index in [1.54, 1.807) is 30.1 Å². The van der Waals surface area contributed by atoms with Gasteiger partial charge in [-0.25, -0.2) is 0 Å². The van der Waals surface area contributed by atoms with Gasteiger partial charge in [0.1, 0.15) is 11.4 Å². The van der Waals surface area contributed by atoms with Crippen LogP contribution in [0.4, 0.5) is 5.69 Å². The second-order valence-corrected chi connectivity index (χ2v) is 4.56. The van der Waals surface area contributed by atoms with E-state index in [-0.39, 0.29) is 0 Å². The average molecular weight is 303 g/mol. The lowest BCUT2D eigenvalue weighted by atomic mass is 10.3. The summed E-state index contributed by atoms with van der Waals surface area (Å²) in [6, 6.07) is 5.33. The third kappa shape index (κ3) is 2.31. The Hall–Kier alpha value is -1.20. The number of halogens is 2. The molecule has 1 aromatic carbocycles. The Morgan fingerprint density at radius 2 is 2.25 bits per heavy atom. The molecule has 2 rings (SSSR count). The second kappa shape index (κ2) is 4.35. The third-order valence-corrected chi connectivity index (χ3v) is 2.73. The van der Waals surface area contributed by atoms with Crippen molar-refractivity contribution in [2.24, 2.45) is 7.05 Å².